The van der Waals surface area contributed by atoms with E-state index in [2.05, 4.69) is 31.0 Å². The van der Waals surface area contributed by atoms with Crippen molar-refractivity contribution >= 4 is 11.6 Å². The number of hydrogen-bond donors (Lipinski definition) is 1. The average Bonchev–Trinajstić information content (AvgIpc) is 2.91. The van der Waals surface area contributed by atoms with Crippen molar-refractivity contribution in [2.45, 2.75) is 26.4 Å². The number of aromatic nitrogens is 2. The molecule has 6 nitrogen and oxygen atoms in total. The Hall–Kier alpha value is -1.56. The minimum Gasteiger partial charge on any atom is -0.396 e. The molecule has 0 spiro atoms. The van der Waals surface area contributed by atoms with Crippen LogP contribution in [-0.4, -0.2) is 58.7 Å². The minimum atomic E-state index is -0.0547. The summed E-state index contributed by atoms with van der Waals surface area (Å²) in [7, 11) is 4.10. The second kappa shape index (κ2) is 5.21. The first kappa shape index (κ1) is 13.9. The van der Waals surface area contributed by atoms with Gasteiger partial charge in [-0.1, -0.05) is 6.92 Å². The molecule has 2 unspecified atom stereocenters. The Morgan fingerprint density at radius 1 is 1.53 bits per heavy atom. The van der Waals surface area contributed by atoms with Gasteiger partial charge < -0.3 is 15.5 Å². The first-order valence-corrected chi connectivity index (χ1v) is 6.72. The highest BCUT2D eigenvalue weighted by Gasteiger charge is 2.35. The van der Waals surface area contributed by atoms with Crippen LogP contribution < -0.4 is 5.73 Å². The molecule has 2 heterocycles. The molecule has 19 heavy (non-hydrogen) atoms. The Morgan fingerprint density at radius 2 is 2.21 bits per heavy atom. The lowest BCUT2D eigenvalue weighted by molar-refractivity contribution is 0.0775. The normalized spacial score (nSPS) is 23.3. The summed E-state index contributed by atoms with van der Waals surface area (Å²) in [6.07, 6.45) is 1.72. The van der Waals surface area contributed by atoms with E-state index in [4.69, 9.17) is 5.73 Å². The number of aryl methyl sites for hydroxylation is 1. The Kier molecular flexibility index (Phi) is 3.80. The van der Waals surface area contributed by atoms with Gasteiger partial charge in [0, 0.05) is 31.9 Å². The van der Waals surface area contributed by atoms with Crippen molar-refractivity contribution in [2.75, 3.05) is 32.9 Å². The van der Waals surface area contributed by atoms with Gasteiger partial charge in [0.1, 0.15) is 0 Å². The molecule has 106 valence electrons. The molecule has 2 rings (SSSR count). The predicted octanol–water partition coefficient (Wildman–Crippen LogP) is 0.507. The number of amides is 1. The molecule has 0 saturated carbocycles. The third kappa shape index (κ3) is 2.58. The Balaban J connectivity index is 2.14. The van der Waals surface area contributed by atoms with Crippen LogP contribution in [0.1, 0.15) is 24.3 Å². The van der Waals surface area contributed by atoms with Crippen molar-refractivity contribution in [2.24, 2.45) is 5.92 Å². The van der Waals surface area contributed by atoms with Crippen LogP contribution in [0.5, 0.6) is 0 Å². The number of nitrogen functional groups attached to an aromatic ring is 1. The van der Waals surface area contributed by atoms with E-state index in [1.807, 2.05) is 11.8 Å². The maximum atomic E-state index is 12.5. The minimum absolute atomic E-state index is 0.0547. The molecule has 2 atom stereocenters. The largest absolute Gasteiger partial charge is 0.396 e. The quantitative estimate of drug-likeness (QED) is 0.864. The Bertz CT molecular complexity index is 468. The molecule has 1 amide bonds. The summed E-state index contributed by atoms with van der Waals surface area (Å²) in [6, 6.07) is 0.401. The van der Waals surface area contributed by atoms with Gasteiger partial charge >= 0.3 is 0 Å². The maximum Gasteiger partial charge on any atom is 0.276 e. The van der Waals surface area contributed by atoms with E-state index in [1.54, 1.807) is 10.9 Å². The highest BCUT2D eigenvalue weighted by atomic mass is 16.2. The lowest BCUT2D eigenvalue weighted by atomic mass is 10.1. The van der Waals surface area contributed by atoms with Crippen molar-refractivity contribution in [3.05, 3.63) is 11.9 Å². The predicted molar refractivity (Wildman–Crippen MR) is 74.9 cm³/mol. The number of carbonyl (C=O) groups is 1. The van der Waals surface area contributed by atoms with Crippen LogP contribution in [0.15, 0.2) is 6.20 Å². The number of nitrogens with zero attached hydrogens (tertiary/aromatic N) is 4. The summed E-state index contributed by atoms with van der Waals surface area (Å²) in [6.45, 7) is 6.37. The molecular formula is C13H23N5O. The Labute approximate surface area is 114 Å². The molecule has 0 aliphatic carbocycles. The molecule has 1 aliphatic heterocycles. The maximum absolute atomic E-state index is 12.5. The van der Waals surface area contributed by atoms with Crippen LogP contribution in [0.2, 0.25) is 0 Å². The molecule has 0 aromatic carbocycles. The highest BCUT2D eigenvalue weighted by Crippen LogP contribution is 2.23. The van der Waals surface area contributed by atoms with E-state index in [0.29, 0.717) is 29.9 Å². The van der Waals surface area contributed by atoms with Crippen LogP contribution in [0.3, 0.4) is 0 Å². The third-order valence-electron chi connectivity index (χ3n) is 3.84. The summed E-state index contributed by atoms with van der Waals surface area (Å²) >= 11 is 0. The molecule has 1 saturated heterocycles. The topological polar surface area (TPSA) is 67.4 Å². The van der Waals surface area contributed by atoms with Gasteiger partial charge in [0.25, 0.3) is 5.91 Å². The number of likely N-dealkylation sites (N-methyl/N-ethyl adjacent to an activating group) is 1. The van der Waals surface area contributed by atoms with Gasteiger partial charge in [-0.15, -0.1) is 0 Å². The zero-order chi connectivity index (χ0) is 14.2. The van der Waals surface area contributed by atoms with E-state index >= 15 is 0 Å². The number of anilines is 1. The molecule has 0 radical (unpaired) electrons. The number of carbonyl (C=O) groups excluding carboxylic acids is 1. The van der Waals surface area contributed by atoms with Crippen LogP contribution in [0.4, 0.5) is 5.69 Å². The summed E-state index contributed by atoms with van der Waals surface area (Å²) in [4.78, 5) is 16.5. The molecule has 1 aromatic heterocycles. The molecule has 2 N–H and O–H groups in total. The van der Waals surface area contributed by atoms with E-state index in [0.717, 1.165) is 13.1 Å². The van der Waals surface area contributed by atoms with Gasteiger partial charge in [0.2, 0.25) is 0 Å². The Morgan fingerprint density at radius 3 is 2.68 bits per heavy atom. The van der Waals surface area contributed by atoms with Crippen molar-refractivity contribution in [3.63, 3.8) is 0 Å². The van der Waals surface area contributed by atoms with E-state index in [1.165, 1.54) is 0 Å². The fourth-order valence-electron chi connectivity index (χ4n) is 2.70. The van der Waals surface area contributed by atoms with Crippen LogP contribution >= 0.6 is 0 Å². The number of rotatable bonds is 3. The second-order valence-electron chi connectivity index (χ2n) is 5.51. The van der Waals surface area contributed by atoms with Crippen molar-refractivity contribution in [3.8, 4) is 0 Å². The summed E-state index contributed by atoms with van der Waals surface area (Å²) in [5, 5.41) is 4.25. The molecule has 1 aliphatic rings. The monoisotopic (exact) mass is 265 g/mol. The average molecular weight is 265 g/mol. The zero-order valence-electron chi connectivity index (χ0n) is 12.1. The lowest BCUT2D eigenvalue weighted by Gasteiger charge is -2.22. The van der Waals surface area contributed by atoms with Crippen LogP contribution in [-0.2, 0) is 6.54 Å². The smallest absolute Gasteiger partial charge is 0.276 e. The second-order valence-corrected chi connectivity index (χ2v) is 5.51. The first-order chi connectivity index (χ1) is 8.93. The molecule has 1 fully saturated rings. The summed E-state index contributed by atoms with van der Waals surface area (Å²) < 4.78 is 1.70. The molecule has 6 heteroatoms. The van der Waals surface area contributed by atoms with Crippen molar-refractivity contribution in [1.29, 1.82) is 0 Å². The van der Waals surface area contributed by atoms with Gasteiger partial charge in [-0.3, -0.25) is 9.48 Å². The molecular weight excluding hydrogens is 242 g/mol. The van der Waals surface area contributed by atoms with Gasteiger partial charge in [-0.05, 0) is 26.9 Å². The van der Waals surface area contributed by atoms with Crippen LogP contribution in [0.25, 0.3) is 0 Å². The fourth-order valence-corrected chi connectivity index (χ4v) is 2.70. The summed E-state index contributed by atoms with van der Waals surface area (Å²) in [5.74, 6) is 0.411. The number of likely N-dealkylation sites (tertiary alicyclic amines) is 1. The van der Waals surface area contributed by atoms with Crippen molar-refractivity contribution < 1.29 is 4.79 Å². The number of hydrogen-bond acceptors (Lipinski definition) is 4. The molecule has 0 bridgehead atoms. The lowest BCUT2D eigenvalue weighted by Crippen LogP contribution is -2.36. The highest BCUT2D eigenvalue weighted by molar-refractivity contribution is 5.97. The van der Waals surface area contributed by atoms with Gasteiger partial charge in [-0.25, -0.2) is 0 Å². The van der Waals surface area contributed by atoms with Gasteiger partial charge in [0.05, 0.1) is 5.69 Å². The standard InChI is InChI=1S/C13H23N5O/c1-5-18-7-10(14)12(15-18)13(19)17-6-9(2)11(8-17)16(3)4/h7,9,11H,5-6,8,14H2,1-4H3. The van der Waals surface area contributed by atoms with Crippen molar-refractivity contribution in [1.82, 2.24) is 19.6 Å². The fraction of sp³-hybridized carbons (Fsp3) is 0.692. The summed E-state index contributed by atoms with van der Waals surface area (Å²) in [5.41, 5.74) is 6.72. The number of nitrogens with two attached hydrogens (primary N) is 1. The zero-order valence-corrected chi connectivity index (χ0v) is 12.1. The van der Waals surface area contributed by atoms with Gasteiger partial charge in [-0.2, -0.15) is 5.10 Å². The first-order valence-electron chi connectivity index (χ1n) is 6.72. The SMILES string of the molecule is CCn1cc(N)c(C(=O)N2CC(C)C(N(C)C)C2)n1. The van der Waals surface area contributed by atoms with Crippen LogP contribution in [0, 0.1) is 5.92 Å². The van der Waals surface area contributed by atoms with E-state index in [9.17, 15) is 4.79 Å². The van der Waals surface area contributed by atoms with Gasteiger partial charge in [0.15, 0.2) is 5.69 Å². The third-order valence-corrected chi connectivity index (χ3v) is 3.84. The molecule has 1 aromatic rings. The van der Waals surface area contributed by atoms with E-state index in [-0.39, 0.29) is 5.91 Å². The van der Waals surface area contributed by atoms with E-state index < -0.39 is 0 Å².